The lowest BCUT2D eigenvalue weighted by atomic mass is 9.90. The highest BCUT2D eigenvalue weighted by molar-refractivity contribution is 6.30. The third-order valence-electron chi connectivity index (χ3n) is 5.92. The maximum Gasteiger partial charge on any atom is 0.320 e. The molecule has 7 heteroatoms. The monoisotopic (exact) mass is 391 g/mol. The second-order valence-corrected chi connectivity index (χ2v) is 8.24. The number of likely N-dealkylation sites (tertiary alicyclic amines) is 2. The van der Waals surface area contributed by atoms with Gasteiger partial charge in [0.05, 0.1) is 12.1 Å². The molecular weight excluding hydrogens is 366 g/mol. The summed E-state index contributed by atoms with van der Waals surface area (Å²) in [5, 5.41) is 3.72. The number of benzene rings is 1. The summed E-state index contributed by atoms with van der Waals surface area (Å²) in [6.07, 6.45) is 3.90. The zero-order valence-electron chi connectivity index (χ0n) is 15.4. The normalized spacial score (nSPS) is 26.5. The average Bonchev–Trinajstić information content (AvgIpc) is 2.69. The predicted octanol–water partition coefficient (Wildman–Crippen LogP) is 2.30. The average molecular weight is 392 g/mol. The predicted molar refractivity (Wildman–Crippen MR) is 103 cm³/mol. The Morgan fingerprint density at radius 3 is 2.56 bits per heavy atom. The summed E-state index contributed by atoms with van der Waals surface area (Å²) in [5.74, 6) is 0.514. The summed E-state index contributed by atoms with van der Waals surface area (Å²) >= 11 is 5.95. The first kappa shape index (κ1) is 18.6. The molecule has 2 atom stereocenters. The summed E-state index contributed by atoms with van der Waals surface area (Å²) in [4.78, 5) is 28.3. The Balaban J connectivity index is 1.27. The molecule has 3 saturated heterocycles. The number of ether oxygens (including phenoxy) is 1. The molecule has 3 amide bonds. The molecule has 3 heterocycles. The van der Waals surface area contributed by atoms with Crippen LogP contribution in [0, 0.1) is 5.92 Å². The highest BCUT2D eigenvalue weighted by atomic mass is 35.5. The lowest BCUT2D eigenvalue weighted by Gasteiger charge is -2.43. The van der Waals surface area contributed by atoms with Gasteiger partial charge < -0.3 is 19.9 Å². The smallest absolute Gasteiger partial charge is 0.320 e. The molecule has 3 fully saturated rings. The summed E-state index contributed by atoms with van der Waals surface area (Å²) in [6, 6.07) is 8.07. The van der Waals surface area contributed by atoms with E-state index in [4.69, 9.17) is 16.3 Å². The van der Waals surface area contributed by atoms with Crippen molar-refractivity contribution in [3.05, 3.63) is 34.9 Å². The van der Waals surface area contributed by atoms with Crippen LogP contribution >= 0.6 is 11.6 Å². The molecule has 1 aromatic rings. The molecular formula is C20H26ClN3O3. The molecule has 0 saturated carbocycles. The van der Waals surface area contributed by atoms with Crippen LogP contribution in [0.15, 0.2) is 24.3 Å². The van der Waals surface area contributed by atoms with Gasteiger partial charge in [-0.15, -0.1) is 0 Å². The number of hydrogen-bond donors (Lipinski definition) is 1. The Morgan fingerprint density at radius 2 is 1.81 bits per heavy atom. The Labute approximate surface area is 164 Å². The second kappa shape index (κ2) is 8.07. The fraction of sp³-hybridized carbons (Fsp3) is 0.600. The number of piperidine rings is 2. The van der Waals surface area contributed by atoms with E-state index in [9.17, 15) is 9.59 Å². The van der Waals surface area contributed by atoms with Crippen LogP contribution in [0.1, 0.15) is 24.8 Å². The van der Waals surface area contributed by atoms with Crippen molar-refractivity contribution < 1.29 is 14.3 Å². The number of urea groups is 1. The zero-order valence-corrected chi connectivity index (χ0v) is 16.2. The van der Waals surface area contributed by atoms with Gasteiger partial charge in [-0.05, 0) is 49.3 Å². The van der Waals surface area contributed by atoms with E-state index in [0.29, 0.717) is 19.0 Å². The first-order chi connectivity index (χ1) is 13.1. The Hall–Kier alpha value is -1.79. The van der Waals surface area contributed by atoms with E-state index in [1.807, 2.05) is 21.9 Å². The second-order valence-electron chi connectivity index (χ2n) is 7.80. The number of nitrogens with zero attached hydrogens (tertiary/aromatic N) is 2. The van der Waals surface area contributed by atoms with Gasteiger partial charge in [0.25, 0.3) is 0 Å². The van der Waals surface area contributed by atoms with Gasteiger partial charge in [0.2, 0.25) is 5.91 Å². The topological polar surface area (TPSA) is 61.9 Å². The minimum absolute atomic E-state index is 0.0388. The van der Waals surface area contributed by atoms with Crippen LogP contribution in [-0.4, -0.2) is 66.7 Å². The first-order valence-corrected chi connectivity index (χ1v) is 10.2. The number of rotatable bonds is 2. The van der Waals surface area contributed by atoms with E-state index in [2.05, 4.69) is 17.4 Å². The van der Waals surface area contributed by atoms with Crippen molar-refractivity contribution in [2.75, 3.05) is 32.8 Å². The van der Waals surface area contributed by atoms with Crippen LogP contribution in [0.4, 0.5) is 4.79 Å². The number of nitrogens with one attached hydrogen (secondary N) is 1. The van der Waals surface area contributed by atoms with Crippen LogP contribution in [-0.2, 0) is 16.0 Å². The molecule has 146 valence electrons. The van der Waals surface area contributed by atoms with Crippen molar-refractivity contribution in [3.63, 3.8) is 0 Å². The van der Waals surface area contributed by atoms with Crippen molar-refractivity contribution in [1.29, 1.82) is 0 Å². The zero-order chi connectivity index (χ0) is 18.8. The summed E-state index contributed by atoms with van der Waals surface area (Å²) in [7, 11) is 0. The number of hydrogen-bond acceptors (Lipinski definition) is 3. The van der Waals surface area contributed by atoms with Crippen LogP contribution in [0.5, 0.6) is 0 Å². The Bertz CT molecular complexity index is 688. The molecule has 27 heavy (non-hydrogen) atoms. The van der Waals surface area contributed by atoms with Crippen LogP contribution in [0.25, 0.3) is 0 Å². The maximum atomic E-state index is 12.9. The third-order valence-corrected chi connectivity index (χ3v) is 6.17. The van der Waals surface area contributed by atoms with Gasteiger partial charge in [0, 0.05) is 31.2 Å². The molecule has 0 aliphatic carbocycles. The summed E-state index contributed by atoms with van der Waals surface area (Å²) in [5.41, 5.74) is 1.30. The van der Waals surface area contributed by atoms with E-state index in [1.165, 1.54) is 5.56 Å². The van der Waals surface area contributed by atoms with Gasteiger partial charge in [-0.2, -0.15) is 0 Å². The van der Waals surface area contributed by atoms with Crippen LogP contribution in [0.2, 0.25) is 5.02 Å². The van der Waals surface area contributed by atoms with Crippen molar-refractivity contribution in [3.8, 4) is 0 Å². The van der Waals surface area contributed by atoms with Gasteiger partial charge >= 0.3 is 6.03 Å². The molecule has 4 rings (SSSR count). The molecule has 2 unspecified atom stereocenters. The highest BCUT2D eigenvalue weighted by Crippen LogP contribution is 2.25. The van der Waals surface area contributed by atoms with Crippen LogP contribution in [0.3, 0.4) is 0 Å². The van der Waals surface area contributed by atoms with Gasteiger partial charge in [-0.3, -0.25) is 4.79 Å². The Kier molecular flexibility index (Phi) is 5.55. The number of fused-ring (bicyclic) bond motifs is 1. The molecule has 0 spiro atoms. The van der Waals surface area contributed by atoms with Crippen molar-refractivity contribution >= 4 is 23.5 Å². The minimum Gasteiger partial charge on any atom is -0.366 e. The molecule has 1 aromatic carbocycles. The number of carbonyl (C=O) groups is 2. The van der Waals surface area contributed by atoms with Crippen LogP contribution < -0.4 is 5.32 Å². The first-order valence-electron chi connectivity index (χ1n) is 9.78. The van der Waals surface area contributed by atoms with E-state index in [0.717, 1.165) is 43.8 Å². The fourth-order valence-corrected chi connectivity index (χ4v) is 4.48. The van der Waals surface area contributed by atoms with E-state index < -0.39 is 0 Å². The maximum absolute atomic E-state index is 12.9. The molecule has 3 aliphatic rings. The molecule has 0 bridgehead atoms. The molecule has 1 N–H and O–H groups in total. The number of halogens is 1. The molecule has 0 radical (unpaired) electrons. The minimum atomic E-state index is -0.0893. The number of amides is 3. The quantitative estimate of drug-likeness (QED) is 0.841. The standard InChI is InChI=1S/C20H26ClN3O3/c21-16-3-1-14(2-4-16)11-15-5-8-23(9-6-15)20(26)24-10-7-18-17(12-24)22-19(25)13-27-18/h1-4,15,17-18H,5-13H2,(H,22,25). The lowest BCUT2D eigenvalue weighted by molar-refractivity contribution is -0.139. The van der Waals surface area contributed by atoms with E-state index in [1.54, 1.807) is 0 Å². The van der Waals surface area contributed by atoms with Gasteiger partial charge in [-0.1, -0.05) is 23.7 Å². The number of morpholine rings is 1. The molecule has 0 aromatic heterocycles. The van der Waals surface area contributed by atoms with Gasteiger partial charge in [-0.25, -0.2) is 4.79 Å². The lowest BCUT2D eigenvalue weighted by Crippen LogP contribution is -2.62. The molecule has 6 nitrogen and oxygen atoms in total. The van der Waals surface area contributed by atoms with Gasteiger partial charge in [0.1, 0.15) is 6.61 Å². The van der Waals surface area contributed by atoms with Gasteiger partial charge in [0.15, 0.2) is 0 Å². The van der Waals surface area contributed by atoms with Crippen molar-refractivity contribution in [2.45, 2.75) is 37.8 Å². The third kappa shape index (κ3) is 4.38. The van der Waals surface area contributed by atoms with E-state index >= 15 is 0 Å². The van der Waals surface area contributed by atoms with Crippen molar-refractivity contribution in [1.82, 2.24) is 15.1 Å². The van der Waals surface area contributed by atoms with Crippen molar-refractivity contribution in [2.24, 2.45) is 5.92 Å². The number of carbonyl (C=O) groups excluding carboxylic acids is 2. The summed E-state index contributed by atoms with van der Waals surface area (Å²) in [6.45, 7) is 2.96. The Morgan fingerprint density at radius 1 is 1.11 bits per heavy atom. The fourth-order valence-electron chi connectivity index (χ4n) is 4.36. The molecule has 3 aliphatic heterocycles. The summed E-state index contributed by atoms with van der Waals surface area (Å²) < 4.78 is 5.57. The van der Waals surface area contributed by atoms with E-state index in [-0.39, 0.29) is 30.7 Å². The largest absolute Gasteiger partial charge is 0.366 e. The SMILES string of the molecule is O=C1COC2CCN(C(=O)N3CCC(Cc4ccc(Cl)cc4)CC3)CC2N1. The highest BCUT2D eigenvalue weighted by Gasteiger charge is 2.37.